The van der Waals surface area contributed by atoms with Gasteiger partial charge in [-0.2, -0.15) is 13.2 Å². The van der Waals surface area contributed by atoms with Crippen molar-refractivity contribution >= 4 is 0 Å². The molecule has 0 amide bonds. The van der Waals surface area contributed by atoms with E-state index in [0.717, 1.165) is 11.6 Å². The average molecular weight is 266 g/mol. The van der Waals surface area contributed by atoms with Crippen molar-refractivity contribution in [1.29, 1.82) is 0 Å². The number of pyridine rings is 2. The molecule has 2 heterocycles. The van der Waals surface area contributed by atoms with Crippen molar-refractivity contribution in [2.75, 3.05) is 0 Å². The van der Waals surface area contributed by atoms with E-state index >= 15 is 0 Å². The second kappa shape index (κ2) is 4.99. The van der Waals surface area contributed by atoms with Crippen LogP contribution in [0.15, 0.2) is 36.7 Å². The molecule has 0 radical (unpaired) electrons. The summed E-state index contributed by atoms with van der Waals surface area (Å²) in [5.74, 6) is 0.242. The maximum absolute atomic E-state index is 12.5. The van der Waals surface area contributed by atoms with Crippen molar-refractivity contribution in [3.8, 4) is 11.3 Å². The molecule has 2 aromatic rings. The van der Waals surface area contributed by atoms with Gasteiger partial charge in [0.2, 0.25) is 0 Å². The van der Waals surface area contributed by atoms with Crippen LogP contribution in [0.25, 0.3) is 11.3 Å². The van der Waals surface area contributed by atoms with Crippen LogP contribution in [0.4, 0.5) is 13.2 Å². The van der Waals surface area contributed by atoms with Gasteiger partial charge in [-0.05, 0) is 29.7 Å². The van der Waals surface area contributed by atoms with Crippen molar-refractivity contribution in [2.45, 2.75) is 25.9 Å². The van der Waals surface area contributed by atoms with Gasteiger partial charge in [0.1, 0.15) is 5.69 Å². The van der Waals surface area contributed by atoms with Crippen molar-refractivity contribution in [2.24, 2.45) is 0 Å². The molecule has 0 aromatic carbocycles. The summed E-state index contributed by atoms with van der Waals surface area (Å²) in [5.41, 5.74) is 1.37. The minimum Gasteiger partial charge on any atom is -0.256 e. The lowest BCUT2D eigenvalue weighted by atomic mass is 9.98. The fourth-order valence-corrected chi connectivity index (χ4v) is 1.83. The number of alkyl halides is 3. The molecule has 0 aliphatic carbocycles. The smallest absolute Gasteiger partial charge is 0.256 e. The predicted molar refractivity (Wildman–Crippen MR) is 66.6 cm³/mol. The van der Waals surface area contributed by atoms with Crippen LogP contribution in [0.5, 0.6) is 0 Å². The molecule has 0 aliphatic heterocycles. The maximum Gasteiger partial charge on any atom is 0.433 e. The second-order valence-electron chi connectivity index (χ2n) is 4.53. The largest absolute Gasteiger partial charge is 0.433 e. The van der Waals surface area contributed by atoms with Crippen LogP contribution < -0.4 is 0 Å². The van der Waals surface area contributed by atoms with E-state index in [9.17, 15) is 13.2 Å². The molecular formula is C14H13F3N2. The van der Waals surface area contributed by atoms with Gasteiger partial charge in [-0.1, -0.05) is 19.9 Å². The van der Waals surface area contributed by atoms with Crippen LogP contribution in [0.2, 0.25) is 0 Å². The highest BCUT2D eigenvalue weighted by atomic mass is 19.4. The summed E-state index contributed by atoms with van der Waals surface area (Å²) in [6, 6.07) is 6.12. The lowest BCUT2D eigenvalue weighted by Gasteiger charge is -2.12. The van der Waals surface area contributed by atoms with Gasteiger partial charge < -0.3 is 0 Å². The standard InChI is InChI=1S/C14H13F3N2/c1-9(2)11-4-3-7-18-13(11)10-5-6-12(19-8-10)14(15,16)17/h3-9H,1-2H3. The van der Waals surface area contributed by atoms with Gasteiger partial charge in [-0.15, -0.1) is 0 Å². The molecule has 0 saturated carbocycles. The summed E-state index contributed by atoms with van der Waals surface area (Å²) < 4.78 is 37.4. The Hall–Kier alpha value is -1.91. The lowest BCUT2D eigenvalue weighted by molar-refractivity contribution is -0.141. The fourth-order valence-electron chi connectivity index (χ4n) is 1.83. The summed E-state index contributed by atoms with van der Waals surface area (Å²) in [5, 5.41) is 0. The molecule has 100 valence electrons. The number of halogens is 3. The highest BCUT2D eigenvalue weighted by molar-refractivity contribution is 5.62. The molecule has 2 nitrogen and oxygen atoms in total. The summed E-state index contributed by atoms with van der Waals surface area (Å²) in [6.07, 6.45) is -1.57. The number of rotatable bonds is 2. The number of aromatic nitrogens is 2. The van der Waals surface area contributed by atoms with Crippen LogP contribution in [-0.2, 0) is 6.18 Å². The molecule has 0 fully saturated rings. The van der Waals surface area contributed by atoms with E-state index in [1.54, 1.807) is 6.20 Å². The van der Waals surface area contributed by atoms with Gasteiger partial charge in [0, 0.05) is 18.0 Å². The monoisotopic (exact) mass is 266 g/mol. The molecule has 2 rings (SSSR count). The lowest BCUT2D eigenvalue weighted by Crippen LogP contribution is -2.07. The van der Waals surface area contributed by atoms with Gasteiger partial charge >= 0.3 is 6.18 Å². The van der Waals surface area contributed by atoms with Gasteiger partial charge in [-0.3, -0.25) is 9.97 Å². The summed E-state index contributed by atoms with van der Waals surface area (Å²) in [7, 11) is 0. The molecule has 0 unspecified atom stereocenters. The third-order valence-electron chi connectivity index (χ3n) is 2.79. The minimum absolute atomic E-state index is 0.242. The van der Waals surface area contributed by atoms with E-state index in [2.05, 4.69) is 9.97 Å². The SMILES string of the molecule is CC(C)c1cccnc1-c1ccc(C(F)(F)F)nc1. The molecule has 0 saturated heterocycles. The summed E-state index contributed by atoms with van der Waals surface area (Å²) >= 11 is 0. The maximum atomic E-state index is 12.5. The molecular weight excluding hydrogens is 253 g/mol. The van der Waals surface area contributed by atoms with Crippen LogP contribution in [0, 0.1) is 0 Å². The number of nitrogens with zero attached hydrogens (tertiary/aromatic N) is 2. The van der Waals surface area contributed by atoms with Crippen LogP contribution in [0.1, 0.15) is 31.0 Å². The van der Waals surface area contributed by atoms with E-state index in [1.807, 2.05) is 26.0 Å². The fraction of sp³-hybridized carbons (Fsp3) is 0.286. The van der Waals surface area contributed by atoms with Gasteiger partial charge in [0.15, 0.2) is 0 Å². The van der Waals surface area contributed by atoms with Crippen molar-refractivity contribution in [3.05, 3.63) is 47.9 Å². The number of hydrogen-bond acceptors (Lipinski definition) is 2. The highest BCUT2D eigenvalue weighted by Gasteiger charge is 2.32. The van der Waals surface area contributed by atoms with E-state index < -0.39 is 11.9 Å². The Kier molecular flexibility index (Phi) is 3.55. The number of hydrogen-bond donors (Lipinski definition) is 0. The van der Waals surface area contributed by atoms with Crippen LogP contribution >= 0.6 is 0 Å². The predicted octanol–water partition coefficient (Wildman–Crippen LogP) is 4.29. The van der Waals surface area contributed by atoms with E-state index in [4.69, 9.17) is 0 Å². The molecule has 2 aromatic heterocycles. The van der Waals surface area contributed by atoms with Crippen LogP contribution in [0.3, 0.4) is 0 Å². The first-order valence-corrected chi connectivity index (χ1v) is 5.88. The van der Waals surface area contributed by atoms with E-state index in [1.165, 1.54) is 12.3 Å². The Morgan fingerprint density at radius 3 is 2.32 bits per heavy atom. The normalized spacial score (nSPS) is 11.9. The van der Waals surface area contributed by atoms with E-state index in [0.29, 0.717) is 11.3 Å². The zero-order valence-electron chi connectivity index (χ0n) is 10.6. The van der Waals surface area contributed by atoms with Crippen LogP contribution in [-0.4, -0.2) is 9.97 Å². The first-order chi connectivity index (χ1) is 8.89. The third kappa shape index (κ3) is 2.92. The zero-order chi connectivity index (χ0) is 14.0. The van der Waals surface area contributed by atoms with Crippen molar-refractivity contribution < 1.29 is 13.2 Å². The second-order valence-corrected chi connectivity index (χ2v) is 4.53. The van der Waals surface area contributed by atoms with Crippen molar-refractivity contribution in [3.63, 3.8) is 0 Å². The molecule has 19 heavy (non-hydrogen) atoms. The third-order valence-corrected chi connectivity index (χ3v) is 2.79. The topological polar surface area (TPSA) is 25.8 Å². The molecule has 0 spiro atoms. The minimum atomic E-state index is -4.41. The Morgan fingerprint density at radius 2 is 1.79 bits per heavy atom. The zero-order valence-corrected chi connectivity index (χ0v) is 10.6. The van der Waals surface area contributed by atoms with Gasteiger partial charge in [0.05, 0.1) is 5.69 Å². The van der Waals surface area contributed by atoms with Gasteiger partial charge in [0.25, 0.3) is 0 Å². The first kappa shape index (κ1) is 13.5. The molecule has 5 heteroatoms. The van der Waals surface area contributed by atoms with Gasteiger partial charge in [-0.25, -0.2) is 0 Å². The quantitative estimate of drug-likeness (QED) is 0.810. The average Bonchev–Trinajstić information content (AvgIpc) is 2.38. The molecule has 0 aliphatic rings. The Bertz CT molecular complexity index is 560. The van der Waals surface area contributed by atoms with Crippen molar-refractivity contribution in [1.82, 2.24) is 9.97 Å². The first-order valence-electron chi connectivity index (χ1n) is 5.88. The molecule has 0 N–H and O–H groups in total. The summed E-state index contributed by atoms with van der Waals surface area (Å²) in [6.45, 7) is 4.02. The molecule has 0 atom stereocenters. The Labute approximate surface area is 109 Å². The Morgan fingerprint density at radius 1 is 1.05 bits per heavy atom. The van der Waals surface area contributed by atoms with E-state index in [-0.39, 0.29) is 5.92 Å². The molecule has 0 bridgehead atoms. The Balaban J connectivity index is 2.43. The summed E-state index contributed by atoms with van der Waals surface area (Å²) in [4.78, 5) is 7.70. The highest BCUT2D eigenvalue weighted by Crippen LogP contribution is 2.30.